The smallest absolute Gasteiger partial charge is 0.0677 e. The topological polar surface area (TPSA) is 21.3 Å². The molecule has 20 heavy (non-hydrogen) atoms. The molecule has 2 fully saturated rings. The second-order valence-electron chi connectivity index (χ2n) is 8.38. The second kappa shape index (κ2) is 5.96. The Bertz CT molecular complexity index is 315. The highest BCUT2D eigenvalue weighted by Gasteiger charge is 2.50. The molecule has 0 radical (unpaired) electrons. The minimum atomic E-state index is -0.000595. The Balaban J connectivity index is 2.12. The Morgan fingerprint density at radius 3 is 2.15 bits per heavy atom. The van der Waals surface area contributed by atoms with Crippen LogP contribution in [0.5, 0.6) is 0 Å². The van der Waals surface area contributed by atoms with Crippen molar-refractivity contribution in [3.8, 4) is 0 Å². The van der Waals surface area contributed by atoms with Crippen molar-refractivity contribution in [3.05, 3.63) is 0 Å². The van der Waals surface area contributed by atoms with Gasteiger partial charge in [0.25, 0.3) is 0 Å². The van der Waals surface area contributed by atoms with Crippen LogP contribution >= 0.6 is 0 Å². The quantitative estimate of drug-likeness (QED) is 0.825. The van der Waals surface area contributed by atoms with Crippen molar-refractivity contribution in [1.29, 1.82) is 0 Å². The van der Waals surface area contributed by atoms with Crippen molar-refractivity contribution in [3.63, 3.8) is 0 Å². The van der Waals surface area contributed by atoms with E-state index in [1.54, 1.807) is 0 Å². The van der Waals surface area contributed by atoms with E-state index in [2.05, 4.69) is 46.9 Å². The van der Waals surface area contributed by atoms with Gasteiger partial charge < -0.3 is 10.1 Å². The zero-order valence-corrected chi connectivity index (χ0v) is 14.5. The second-order valence-corrected chi connectivity index (χ2v) is 8.38. The van der Waals surface area contributed by atoms with Crippen LogP contribution in [-0.2, 0) is 4.74 Å². The Morgan fingerprint density at radius 1 is 1.10 bits per heavy atom. The molecule has 2 aliphatic rings. The van der Waals surface area contributed by atoms with Gasteiger partial charge in [-0.25, -0.2) is 0 Å². The maximum absolute atomic E-state index is 6.35. The average Bonchev–Trinajstić information content (AvgIpc) is 2.55. The molecule has 2 nitrogen and oxygen atoms in total. The molecule has 0 bridgehead atoms. The lowest BCUT2D eigenvalue weighted by atomic mass is 9.70. The predicted molar refractivity (Wildman–Crippen MR) is 85.9 cm³/mol. The van der Waals surface area contributed by atoms with Crippen LogP contribution in [0.4, 0.5) is 0 Å². The van der Waals surface area contributed by atoms with Crippen LogP contribution < -0.4 is 5.32 Å². The van der Waals surface area contributed by atoms with Crippen molar-refractivity contribution in [2.24, 2.45) is 17.8 Å². The third kappa shape index (κ3) is 3.57. The summed E-state index contributed by atoms with van der Waals surface area (Å²) in [7, 11) is 0. The van der Waals surface area contributed by atoms with Gasteiger partial charge in [-0.05, 0) is 65.3 Å². The van der Waals surface area contributed by atoms with Crippen LogP contribution in [0.15, 0.2) is 0 Å². The first-order chi connectivity index (χ1) is 9.25. The third-order valence-electron chi connectivity index (χ3n) is 5.59. The van der Waals surface area contributed by atoms with Gasteiger partial charge in [0.15, 0.2) is 0 Å². The number of ether oxygens (including phenoxy) is 1. The van der Waals surface area contributed by atoms with Gasteiger partial charge in [-0.15, -0.1) is 0 Å². The van der Waals surface area contributed by atoms with Crippen molar-refractivity contribution >= 4 is 0 Å². The molecular formula is C18H35NO. The van der Waals surface area contributed by atoms with Gasteiger partial charge >= 0.3 is 0 Å². The highest BCUT2D eigenvalue weighted by Crippen LogP contribution is 2.46. The summed E-state index contributed by atoms with van der Waals surface area (Å²) in [6.07, 6.45) is 6.79. The predicted octanol–water partition coefficient (Wildman–Crippen LogP) is 4.38. The molecule has 2 atom stereocenters. The van der Waals surface area contributed by atoms with Gasteiger partial charge in [0, 0.05) is 12.0 Å². The van der Waals surface area contributed by atoms with E-state index in [0.717, 1.165) is 18.4 Å². The van der Waals surface area contributed by atoms with Crippen LogP contribution in [0.25, 0.3) is 0 Å². The van der Waals surface area contributed by atoms with E-state index in [-0.39, 0.29) is 11.2 Å². The highest BCUT2D eigenvalue weighted by atomic mass is 16.5. The molecule has 0 aromatic carbocycles. The molecule has 0 aromatic heterocycles. The standard InChI is InChI=1S/C18H35NO/c1-7-19-16(14-10-8-13(2)9-11-14)15-12-17(3,4)20-18(15,5)6/h13-16,19H,7-12H2,1-6H3. The van der Waals surface area contributed by atoms with E-state index in [4.69, 9.17) is 4.74 Å². The lowest BCUT2D eigenvalue weighted by Gasteiger charge is -2.40. The fraction of sp³-hybridized carbons (Fsp3) is 1.00. The van der Waals surface area contributed by atoms with Gasteiger partial charge in [-0.2, -0.15) is 0 Å². The molecule has 2 rings (SSSR count). The Morgan fingerprint density at radius 2 is 1.70 bits per heavy atom. The fourth-order valence-electron chi connectivity index (χ4n) is 4.68. The molecular weight excluding hydrogens is 246 g/mol. The van der Waals surface area contributed by atoms with Gasteiger partial charge in [0.1, 0.15) is 0 Å². The summed E-state index contributed by atoms with van der Waals surface area (Å²) in [5.41, 5.74) is 0.0309. The van der Waals surface area contributed by atoms with E-state index in [0.29, 0.717) is 12.0 Å². The average molecular weight is 281 g/mol. The van der Waals surface area contributed by atoms with Crippen LogP contribution in [-0.4, -0.2) is 23.8 Å². The number of nitrogens with one attached hydrogen (secondary N) is 1. The van der Waals surface area contributed by atoms with E-state index in [1.807, 2.05) is 0 Å². The maximum atomic E-state index is 6.35. The van der Waals surface area contributed by atoms with Crippen molar-refractivity contribution in [2.75, 3.05) is 6.54 Å². The van der Waals surface area contributed by atoms with Crippen LogP contribution in [0.3, 0.4) is 0 Å². The lowest BCUT2D eigenvalue weighted by Crippen LogP contribution is -2.49. The molecule has 0 amide bonds. The number of hydrogen-bond acceptors (Lipinski definition) is 2. The summed E-state index contributed by atoms with van der Waals surface area (Å²) in [4.78, 5) is 0. The summed E-state index contributed by atoms with van der Waals surface area (Å²) < 4.78 is 6.35. The molecule has 1 heterocycles. The molecule has 1 saturated heterocycles. The first-order valence-electron chi connectivity index (χ1n) is 8.69. The molecule has 2 heteroatoms. The zero-order chi connectivity index (χ0) is 15.0. The van der Waals surface area contributed by atoms with Gasteiger partial charge in [-0.1, -0.05) is 26.7 Å². The number of rotatable bonds is 4. The maximum Gasteiger partial charge on any atom is 0.0677 e. The molecule has 0 aromatic rings. The van der Waals surface area contributed by atoms with E-state index in [9.17, 15) is 0 Å². The molecule has 1 aliphatic heterocycles. The Kier molecular flexibility index (Phi) is 4.86. The van der Waals surface area contributed by atoms with E-state index < -0.39 is 0 Å². The molecule has 1 N–H and O–H groups in total. The molecule has 2 unspecified atom stereocenters. The lowest BCUT2D eigenvalue weighted by molar-refractivity contribution is -0.0803. The Labute approximate surface area is 126 Å². The summed E-state index contributed by atoms with van der Waals surface area (Å²) in [5.74, 6) is 2.40. The molecule has 0 spiro atoms. The Hall–Kier alpha value is -0.0800. The fourth-order valence-corrected chi connectivity index (χ4v) is 4.68. The molecule has 1 aliphatic carbocycles. The van der Waals surface area contributed by atoms with Gasteiger partial charge in [-0.3, -0.25) is 0 Å². The molecule has 118 valence electrons. The third-order valence-corrected chi connectivity index (χ3v) is 5.59. The van der Waals surface area contributed by atoms with E-state index in [1.165, 1.54) is 32.1 Å². The first kappa shape index (κ1) is 16.3. The number of hydrogen-bond donors (Lipinski definition) is 1. The molecule has 1 saturated carbocycles. The van der Waals surface area contributed by atoms with Gasteiger partial charge in [0.05, 0.1) is 11.2 Å². The summed E-state index contributed by atoms with van der Waals surface area (Å²) in [6.45, 7) is 14.8. The first-order valence-corrected chi connectivity index (χ1v) is 8.69. The van der Waals surface area contributed by atoms with Gasteiger partial charge in [0.2, 0.25) is 0 Å². The summed E-state index contributed by atoms with van der Waals surface area (Å²) in [5, 5.41) is 3.82. The van der Waals surface area contributed by atoms with Crippen LogP contribution in [0, 0.1) is 17.8 Å². The van der Waals surface area contributed by atoms with Crippen LogP contribution in [0.1, 0.15) is 73.6 Å². The minimum Gasteiger partial charge on any atom is -0.369 e. The van der Waals surface area contributed by atoms with Crippen molar-refractivity contribution in [1.82, 2.24) is 5.32 Å². The van der Waals surface area contributed by atoms with Crippen molar-refractivity contribution < 1.29 is 4.74 Å². The SMILES string of the molecule is CCNC(C1CCC(C)CC1)C1CC(C)(C)OC1(C)C. The largest absolute Gasteiger partial charge is 0.369 e. The van der Waals surface area contributed by atoms with Crippen molar-refractivity contribution in [2.45, 2.75) is 90.9 Å². The normalized spacial score (nSPS) is 37.8. The zero-order valence-electron chi connectivity index (χ0n) is 14.5. The monoisotopic (exact) mass is 281 g/mol. The highest BCUT2D eigenvalue weighted by molar-refractivity contribution is 5.01. The summed E-state index contributed by atoms with van der Waals surface area (Å²) >= 11 is 0. The van der Waals surface area contributed by atoms with Crippen LogP contribution in [0.2, 0.25) is 0 Å². The van der Waals surface area contributed by atoms with E-state index >= 15 is 0 Å². The summed E-state index contributed by atoms with van der Waals surface area (Å²) in [6, 6.07) is 0.629. The minimum absolute atomic E-state index is 0.000595.